The number of carbonyl (C=O) groups excluding carboxylic acids is 4. The summed E-state index contributed by atoms with van der Waals surface area (Å²) in [6, 6.07) is 4.45. The van der Waals surface area contributed by atoms with Gasteiger partial charge in [0.1, 0.15) is 25.3 Å². The maximum atomic E-state index is 12.9. The molecule has 3 aliphatic rings. The minimum absolute atomic E-state index is 0.00320. The van der Waals surface area contributed by atoms with E-state index in [9.17, 15) is 19.2 Å². The fourth-order valence-corrected chi connectivity index (χ4v) is 4.66. The Balaban J connectivity index is 1.27. The molecule has 0 unspecified atom stereocenters. The quantitative estimate of drug-likeness (QED) is 0.490. The van der Waals surface area contributed by atoms with Gasteiger partial charge in [0.05, 0.1) is 6.04 Å². The van der Waals surface area contributed by atoms with E-state index in [0.717, 1.165) is 29.7 Å². The Morgan fingerprint density at radius 1 is 1.24 bits per heavy atom. The van der Waals surface area contributed by atoms with E-state index in [1.54, 1.807) is 19.1 Å². The van der Waals surface area contributed by atoms with Crippen LogP contribution in [0.2, 0.25) is 0 Å². The minimum atomic E-state index is -0.938. The molecule has 1 aliphatic carbocycles. The fourth-order valence-electron chi connectivity index (χ4n) is 4.66. The van der Waals surface area contributed by atoms with Gasteiger partial charge >= 0.3 is 12.0 Å². The first-order valence-corrected chi connectivity index (χ1v) is 11.3. The lowest BCUT2D eigenvalue weighted by atomic mass is 9.73. The number of urea groups is 1. The van der Waals surface area contributed by atoms with Crippen LogP contribution in [-0.2, 0) is 19.1 Å². The monoisotopic (exact) mass is 459 g/mol. The highest BCUT2D eigenvalue weighted by Gasteiger charge is 2.55. The van der Waals surface area contributed by atoms with Gasteiger partial charge in [-0.15, -0.1) is 0 Å². The molecule has 10 nitrogen and oxygen atoms in total. The van der Waals surface area contributed by atoms with E-state index in [-0.39, 0.29) is 12.0 Å². The summed E-state index contributed by atoms with van der Waals surface area (Å²) in [7, 11) is 0. The fraction of sp³-hybridized carbons (Fsp3) is 0.565. The number of hydrogen-bond acceptors (Lipinski definition) is 7. The van der Waals surface area contributed by atoms with Crippen molar-refractivity contribution in [1.82, 2.24) is 15.5 Å². The predicted molar refractivity (Wildman–Crippen MR) is 116 cm³/mol. The second-order valence-corrected chi connectivity index (χ2v) is 8.79. The zero-order valence-corrected chi connectivity index (χ0v) is 18.8. The lowest BCUT2D eigenvalue weighted by molar-refractivity contribution is -0.151. The van der Waals surface area contributed by atoms with E-state index in [4.69, 9.17) is 14.2 Å². The summed E-state index contributed by atoms with van der Waals surface area (Å²) in [5.41, 5.74) is -0.128. The smallest absolute Gasteiger partial charge is 0.326 e. The molecule has 0 aromatic heterocycles. The molecule has 0 radical (unpaired) electrons. The number of nitrogens with one attached hydrogen (secondary N) is 2. The number of benzene rings is 1. The van der Waals surface area contributed by atoms with Crippen LogP contribution in [0.5, 0.6) is 11.5 Å². The molecule has 2 aliphatic heterocycles. The van der Waals surface area contributed by atoms with Gasteiger partial charge in [0.15, 0.2) is 18.1 Å². The van der Waals surface area contributed by atoms with Crippen molar-refractivity contribution in [2.24, 2.45) is 5.92 Å². The van der Waals surface area contributed by atoms with Crippen molar-refractivity contribution < 1.29 is 33.4 Å². The number of nitrogens with zero attached hydrogens (tertiary/aromatic N) is 1. The molecule has 178 valence electrons. The molecule has 4 rings (SSSR count). The highest BCUT2D eigenvalue weighted by atomic mass is 16.6. The Labute approximate surface area is 191 Å². The Morgan fingerprint density at radius 2 is 2.00 bits per heavy atom. The number of rotatable bonds is 6. The van der Waals surface area contributed by atoms with E-state index in [1.165, 1.54) is 0 Å². The van der Waals surface area contributed by atoms with Gasteiger partial charge in [0.2, 0.25) is 0 Å². The van der Waals surface area contributed by atoms with Gasteiger partial charge < -0.3 is 24.8 Å². The SMILES string of the molecule is C[C@H](NC(=O)COC(=O)CN1C(=O)N[C@]2(CCCC[C@@H]2C)C1=O)c1ccc2c(c1)OCCO2. The van der Waals surface area contributed by atoms with E-state index in [1.807, 2.05) is 13.0 Å². The molecule has 1 saturated heterocycles. The topological polar surface area (TPSA) is 123 Å². The number of imide groups is 1. The van der Waals surface area contributed by atoms with E-state index >= 15 is 0 Å². The van der Waals surface area contributed by atoms with E-state index in [2.05, 4.69) is 10.6 Å². The first kappa shape index (κ1) is 22.9. The Bertz CT molecular complexity index is 965. The van der Waals surface area contributed by atoms with Crippen molar-refractivity contribution in [3.8, 4) is 11.5 Å². The summed E-state index contributed by atoms with van der Waals surface area (Å²) in [6.45, 7) is 3.65. The zero-order valence-electron chi connectivity index (χ0n) is 18.8. The maximum absolute atomic E-state index is 12.9. The van der Waals surface area contributed by atoms with Gasteiger partial charge in [0.25, 0.3) is 11.8 Å². The average Bonchev–Trinajstić information content (AvgIpc) is 3.04. The van der Waals surface area contributed by atoms with Crippen LogP contribution in [0, 0.1) is 5.92 Å². The largest absolute Gasteiger partial charge is 0.486 e. The zero-order chi connectivity index (χ0) is 23.6. The molecule has 1 saturated carbocycles. The second kappa shape index (κ2) is 9.29. The molecule has 0 bridgehead atoms. The summed E-state index contributed by atoms with van der Waals surface area (Å²) in [6.07, 6.45) is 3.25. The summed E-state index contributed by atoms with van der Waals surface area (Å²) >= 11 is 0. The molecule has 2 fully saturated rings. The van der Waals surface area contributed by atoms with Crippen molar-refractivity contribution >= 4 is 23.8 Å². The average molecular weight is 459 g/mol. The van der Waals surface area contributed by atoms with Crippen molar-refractivity contribution in [1.29, 1.82) is 0 Å². The number of fused-ring (bicyclic) bond motifs is 1. The number of hydrogen-bond donors (Lipinski definition) is 2. The summed E-state index contributed by atoms with van der Waals surface area (Å²) in [5.74, 6) is -0.446. The molecule has 10 heteroatoms. The Kier molecular flexibility index (Phi) is 6.44. The molecular weight excluding hydrogens is 430 g/mol. The molecule has 2 N–H and O–H groups in total. The van der Waals surface area contributed by atoms with Crippen molar-refractivity contribution in [2.75, 3.05) is 26.4 Å². The van der Waals surface area contributed by atoms with Gasteiger partial charge in [0, 0.05) is 0 Å². The van der Waals surface area contributed by atoms with Crippen LogP contribution < -0.4 is 20.1 Å². The van der Waals surface area contributed by atoms with Gasteiger partial charge in [-0.2, -0.15) is 0 Å². The van der Waals surface area contributed by atoms with E-state index in [0.29, 0.717) is 31.1 Å². The van der Waals surface area contributed by atoms with Crippen molar-refractivity contribution in [3.63, 3.8) is 0 Å². The lowest BCUT2D eigenvalue weighted by Gasteiger charge is -2.36. The van der Waals surface area contributed by atoms with E-state index < -0.39 is 42.5 Å². The van der Waals surface area contributed by atoms with Gasteiger partial charge in [-0.1, -0.05) is 25.8 Å². The van der Waals surface area contributed by atoms with Crippen LogP contribution in [-0.4, -0.2) is 60.6 Å². The first-order valence-electron chi connectivity index (χ1n) is 11.3. The molecule has 1 aromatic carbocycles. The molecule has 1 aromatic rings. The Hall–Kier alpha value is -3.30. The Morgan fingerprint density at radius 3 is 2.76 bits per heavy atom. The van der Waals surface area contributed by atoms with Gasteiger partial charge in [-0.05, 0) is 43.4 Å². The van der Waals surface area contributed by atoms with Crippen LogP contribution in [0.15, 0.2) is 18.2 Å². The lowest BCUT2D eigenvalue weighted by Crippen LogP contribution is -2.54. The summed E-state index contributed by atoms with van der Waals surface area (Å²) in [4.78, 5) is 50.7. The summed E-state index contributed by atoms with van der Waals surface area (Å²) < 4.78 is 16.1. The highest BCUT2D eigenvalue weighted by molar-refractivity contribution is 6.09. The van der Waals surface area contributed by atoms with Crippen LogP contribution in [0.4, 0.5) is 4.79 Å². The van der Waals surface area contributed by atoms with Crippen molar-refractivity contribution in [2.45, 2.75) is 51.1 Å². The number of ether oxygens (including phenoxy) is 3. The van der Waals surface area contributed by atoms with Gasteiger partial charge in [-0.3, -0.25) is 19.3 Å². The third-order valence-electron chi connectivity index (χ3n) is 6.60. The van der Waals surface area contributed by atoms with Crippen LogP contribution in [0.1, 0.15) is 51.1 Å². The maximum Gasteiger partial charge on any atom is 0.326 e. The number of carbonyl (C=O) groups is 4. The first-order chi connectivity index (χ1) is 15.8. The van der Waals surface area contributed by atoms with Crippen LogP contribution in [0.3, 0.4) is 0 Å². The standard InChI is InChI=1S/C23H29N3O7/c1-14-5-3-4-8-23(14)21(29)26(22(30)25-23)12-20(28)33-13-19(27)24-15(2)16-6-7-17-18(11-16)32-10-9-31-17/h6-7,11,14-15H,3-5,8-10,12-13H2,1-2H3,(H,24,27)(H,25,30)/t14-,15-,23-/m0/s1. The summed E-state index contributed by atoms with van der Waals surface area (Å²) in [5, 5.41) is 5.54. The van der Waals surface area contributed by atoms with Crippen LogP contribution >= 0.6 is 0 Å². The van der Waals surface area contributed by atoms with Crippen LogP contribution in [0.25, 0.3) is 0 Å². The minimum Gasteiger partial charge on any atom is -0.486 e. The third kappa shape index (κ3) is 4.60. The molecule has 4 amide bonds. The van der Waals surface area contributed by atoms with Crippen molar-refractivity contribution in [3.05, 3.63) is 23.8 Å². The molecule has 1 spiro atoms. The number of esters is 1. The third-order valence-corrected chi connectivity index (χ3v) is 6.60. The number of amides is 4. The van der Waals surface area contributed by atoms with Gasteiger partial charge in [-0.25, -0.2) is 4.79 Å². The molecular formula is C23H29N3O7. The molecule has 33 heavy (non-hydrogen) atoms. The molecule has 2 heterocycles. The predicted octanol–water partition coefficient (Wildman–Crippen LogP) is 1.68. The highest BCUT2D eigenvalue weighted by Crippen LogP contribution is 2.38. The second-order valence-electron chi connectivity index (χ2n) is 8.79. The molecule has 3 atom stereocenters. The normalized spacial score (nSPS) is 24.9.